The van der Waals surface area contributed by atoms with Crippen LogP contribution in [0.4, 0.5) is 34.1 Å². The highest BCUT2D eigenvalue weighted by Crippen LogP contribution is 2.50. The van der Waals surface area contributed by atoms with Crippen LogP contribution in [0.15, 0.2) is 255 Å². The fraction of sp³-hybridized carbons (Fsp3) is 0. The third kappa shape index (κ3) is 7.12. The van der Waals surface area contributed by atoms with E-state index in [1.165, 1.54) is 11.1 Å². The molecule has 0 bridgehead atoms. The molecule has 0 aliphatic rings. The van der Waals surface area contributed by atoms with E-state index in [0.717, 1.165) is 78.3 Å². The van der Waals surface area contributed by atoms with E-state index in [1.54, 1.807) is 0 Å². The Hall–Kier alpha value is -7.94. The van der Waals surface area contributed by atoms with E-state index < -0.39 is 0 Å². The summed E-state index contributed by atoms with van der Waals surface area (Å²) in [4.78, 5) is 4.88. The van der Waals surface area contributed by atoms with Crippen LogP contribution in [0.1, 0.15) is 0 Å². The Morgan fingerprint density at radius 3 is 0.817 bits per heavy atom. The SMILES string of the molecule is c1ccc(-c2ccccc2N(c2ccccc2)c2cc3cc(N(c4ccccc4)c4ccccc4-c4ccccc4)c(-c4ccccc4)cc3cc2-c2ccccc2)cc1. The third-order valence-electron chi connectivity index (χ3n) is 11.2. The van der Waals surface area contributed by atoms with Gasteiger partial charge in [0.1, 0.15) is 0 Å². The molecule has 0 aliphatic heterocycles. The van der Waals surface area contributed by atoms with Gasteiger partial charge < -0.3 is 9.80 Å². The Morgan fingerprint density at radius 2 is 0.467 bits per heavy atom. The van der Waals surface area contributed by atoms with Crippen molar-refractivity contribution in [2.45, 2.75) is 0 Å². The van der Waals surface area contributed by atoms with Crippen molar-refractivity contribution >= 4 is 44.9 Å². The molecule has 0 aromatic heterocycles. The van der Waals surface area contributed by atoms with Gasteiger partial charge in [-0.15, -0.1) is 0 Å². The second-order valence-corrected chi connectivity index (χ2v) is 14.9. The average Bonchev–Trinajstić information content (AvgIpc) is 3.33. The number of anilines is 6. The molecule has 2 heteroatoms. The summed E-state index contributed by atoms with van der Waals surface area (Å²) in [6.07, 6.45) is 0. The molecule has 0 saturated heterocycles. The first kappa shape index (κ1) is 36.4. The Kier molecular flexibility index (Phi) is 10.0. The molecular weight excluding hydrogens is 725 g/mol. The molecular formula is C58H42N2. The first-order chi connectivity index (χ1) is 29.8. The summed E-state index contributed by atoms with van der Waals surface area (Å²) in [6, 6.07) is 91.7. The maximum absolute atomic E-state index is 2.44. The Morgan fingerprint density at radius 1 is 0.200 bits per heavy atom. The van der Waals surface area contributed by atoms with Crippen LogP contribution in [0.5, 0.6) is 0 Å². The first-order valence-electron chi connectivity index (χ1n) is 20.5. The van der Waals surface area contributed by atoms with Gasteiger partial charge in [-0.05, 0) is 93.7 Å². The zero-order valence-electron chi connectivity index (χ0n) is 33.1. The molecule has 0 atom stereocenters. The quantitative estimate of drug-likeness (QED) is 0.137. The lowest BCUT2D eigenvalue weighted by molar-refractivity contribution is 1.28. The number of rotatable bonds is 10. The molecule has 0 heterocycles. The van der Waals surface area contributed by atoms with Crippen LogP contribution in [0.2, 0.25) is 0 Å². The highest BCUT2D eigenvalue weighted by molar-refractivity contribution is 6.05. The smallest absolute Gasteiger partial charge is 0.0546 e. The molecule has 10 rings (SSSR count). The molecule has 0 spiro atoms. The van der Waals surface area contributed by atoms with Gasteiger partial charge in [0.25, 0.3) is 0 Å². The van der Waals surface area contributed by atoms with Crippen molar-refractivity contribution in [1.82, 2.24) is 0 Å². The minimum atomic E-state index is 1.08. The molecule has 0 N–H and O–H groups in total. The van der Waals surface area contributed by atoms with Crippen LogP contribution in [0.3, 0.4) is 0 Å². The number of fused-ring (bicyclic) bond motifs is 1. The lowest BCUT2D eigenvalue weighted by Gasteiger charge is -2.32. The highest BCUT2D eigenvalue weighted by Gasteiger charge is 2.24. The first-order valence-corrected chi connectivity index (χ1v) is 20.5. The van der Waals surface area contributed by atoms with Gasteiger partial charge in [0.15, 0.2) is 0 Å². The second kappa shape index (κ2) is 16.5. The molecule has 2 nitrogen and oxygen atoms in total. The summed E-state index contributed by atoms with van der Waals surface area (Å²) in [5.74, 6) is 0. The van der Waals surface area contributed by atoms with Gasteiger partial charge >= 0.3 is 0 Å². The zero-order chi connectivity index (χ0) is 40.1. The van der Waals surface area contributed by atoms with E-state index in [1.807, 2.05) is 0 Å². The van der Waals surface area contributed by atoms with E-state index >= 15 is 0 Å². The van der Waals surface area contributed by atoms with E-state index in [0.29, 0.717) is 0 Å². The van der Waals surface area contributed by atoms with Gasteiger partial charge in [0, 0.05) is 33.6 Å². The Bertz CT molecular complexity index is 2800. The number of hydrogen-bond acceptors (Lipinski definition) is 2. The normalized spacial score (nSPS) is 11.0. The topological polar surface area (TPSA) is 6.48 Å². The van der Waals surface area contributed by atoms with Crippen LogP contribution < -0.4 is 9.80 Å². The van der Waals surface area contributed by atoms with Gasteiger partial charge in [-0.2, -0.15) is 0 Å². The lowest BCUT2D eigenvalue weighted by Crippen LogP contribution is -2.13. The van der Waals surface area contributed by atoms with E-state index in [-0.39, 0.29) is 0 Å². The van der Waals surface area contributed by atoms with Crippen LogP contribution >= 0.6 is 0 Å². The summed E-state index contributed by atoms with van der Waals surface area (Å²) in [7, 11) is 0. The molecule has 0 fully saturated rings. The van der Waals surface area contributed by atoms with Gasteiger partial charge in [-0.3, -0.25) is 0 Å². The van der Waals surface area contributed by atoms with Crippen molar-refractivity contribution in [3.05, 3.63) is 255 Å². The van der Waals surface area contributed by atoms with Gasteiger partial charge in [-0.25, -0.2) is 0 Å². The molecule has 0 amide bonds. The summed E-state index contributed by atoms with van der Waals surface area (Å²) in [5.41, 5.74) is 15.8. The van der Waals surface area contributed by atoms with Crippen molar-refractivity contribution in [3.63, 3.8) is 0 Å². The minimum absolute atomic E-state index is 1.08. The van der Waals surface area contributed by atoms with Gasteiger partial charge in [-0.1, -0.05) is 194 Å². The van der Waals surface area contributed by atoms with Crippen molar-refractivity contribution in [2.75, 3.05) is 9.80 Å². The lowest BCUT2D eigenvalue weighted by atomic mass is 9.92. The fourth-order valence-electron chi connectivity index (χ4n) is 8.42. The third-order valence-corrected chi connectivity index (χ3v) is 11.2. The fourth-order valence-corrected chi connectivity index (χ4v) is 8.42. The van der Waals surface area contributed by atoms with E-state index in [2.05, 4.69) is 265 Å². The number of hydrogen-bond donors (Lipinski definition) is 0. The molecule has 0 aliphatic carbocycles. The number of nitrogens with zero attached hydrogens (tertiary/aromatic N) is 2. The van der Waals surface area contributed by atoms with Gasteiger partial charge in [0.2, 0.25) is 0 Å². The minimum Gasteiger partial charge on any atom is -0.309 e. The predicted molar refractivity (Wildman–Crippen MR) is 255 cm³/mol. The van der Waals surface area contributed by atoms with Crippen molar-refractivity contribution in [1.29, 1.82) is 0 Å². The molecule has 284 valence electrons. The molecule has 0 saturated carbocycles. The molecule has 0 radical (unpaired) electrons. The average molecular weight is 767 g/mol. The second-order valence-electron chi connectivity index (χ2n) is 14.9. The van der Waals surface area contributed by atoms with Crippen LogP contribution in [-0.4, -0.2) is 0 Å². The van der Waals surface area contributed by atoms with Crippen molar-refractivity contribution in [2.24, 2.45) is 0 Å². The number of para-hydroxylation sites is 4. The summed E-state index contributed by atoms with van der Waals surface area (Å²) in [5, 5.41) is 2.30. The van der Waals surface area contributed by atoms with Crippen LogP contribution in [-0.2, 0) is 0 Å². The van der Waals surface area contributed by atoms with E-state index in [4.69, 9.17) is 0 Å². The summed E-state index contributed by atoms with van der Waals surface area (Å²) >= 11 is 0. The van der Waals surface area contributed by atoms with Crippen molar-refractivity contribution in [3.8, 4) is 44.5 Å². The maximum Gasteiger partial charge on any atom is 0.0546 e. The predicted octanol–water partition coefficient (Wildman–Crippen LogP) is 16.4. The summed E-state index contributed by atoms with van der Waals surface area (Å²) in [6.45, 7) is 0. The Labute approximate surface area is 352 Å². The van der Waals surface area contributed by atoms with Crippen LogP contribution in [0.25, 0.3) is 55.3 Å². The van der Waals surface area contributed by atoms with Crippen molar-refractivity contribution < 1.29 is 0 Å². The highest BCUT2D eigenvalue weighted by atomic mass is 15.2. The molecule has 60 heavy (non-hydrogen) atoms. The number of benzene rings is 10. The van der Waals surface area contributed by atoms with Gasteiger partial charge in [0.05, 0.1) is 22.7 Å². The monoisotopic (exact) mass is 766 g/mol. The summed E-state index contributed by atoms with van der Waals surface area (Å²) < 4.78 is 0. The zero-order valence-corrected chi connectivity index (χ0v) is 33.1. The maximum atomic E-state index is 2.44. The molecule has 10 aromatic rings. The Balaban J connectivity index is 1.29. The largest absolute Gasteiger partial charge is 0.309 e. The van der Waals surface area contributed by atoms with Crippen LogP contribution in [0, 0.1) is 0 Å². The molecule has 0 unspecified atom stereocenters. The van der Waals surface area contributed by atoms with E-state index in [9.17, 15) is 0 Å². The standard InChI is InChI=1S/C58H42N2/c1-7-23-43(24-8-1)51-35-19-21-37-55(51)59(49-31-15-5-16-32-49)57-41-48-42-58(54(46-29-13-4-14-30-46)40-47(48)39-53(57)45-27-11-3-12-28-45)60(50-33-17-6-18-34-50)56-38-22-20-36-52(56)44-25-9-2-10-26-44/h1-42H. The molecule has 10 aromatic carbocycles.